The second kappa shape index (κ2) is 6.02. The fourth-order valence-electron chi connectivity index (χ4n) is 1.75. The number of nitrogens with zero attached hydrogens (tertiary/aromatic N) is 1. The van der Waals surface area contributed by atoms with Crippen molar-refractivity contribution in [2.45, 2.75) is 45.6 Å². The van der Waals surface area contributed by atoms with E-state index in [1.807, 2.05) is 11.8 Å². The van der Waals surface area contributed by atoms with E-state index in [1.165, 1.54) is 0 Å². The summed E-state index contributed by atoms with van der Waals surface area (Å²) in [6, 6.07) is 0. The maximum Gasteiger partial charge on any atom is 0.251 e. The van der Waals surface area contributed by atoms with Gasteiger partial charge in [-0.2, -0.15) is 0 Å². The summed E-state index contributed by atoms with van der Waals surface area (Å²) >= 11 is 0. The molecule has 0 radical (unpaired) electrons. The van der Waals surface area contributed by atoms with Crippen molar-refractivity contribution < 1.29 is 9.53 Å². The van der Waals surface area contributed by atoms with E-state index in [-0.39, 0.29) is 12.0 Å². The number of carbonyl (C=O) groups is 1. The van der Waals surface area contributed by atoms with Crippen LogP contribution >= 0.6 is 0 Å². The molecule has 0 bridgehead atoms. The minimum absolute atomic E-state index is 0.146. The minimum atomic E-state index is -0.146. The van der Waals surface area contributed by atoms with Gasteiger partial charge in [-0.25, -0.2) is 0 Å². The quantitative estimate of drug-likeness (QED) is 0.676. The van der Waals surface area contributed by atoms with Gasteiger partial charge < -0.3 is 9.64 Å². The molecule has 0 aromatic carbocycles. The number of carbonyl (C=O) groups excluding carboxylic acids is 1. The van der Waals surface area contributed by atoms with Gasteiger partial charge in [0.05, 0.1) is 0 Å². The second-order valence-electron chi connectivity index (χ2n) is 3.77. The van der Waals surface area contributed by atoms with Crippen LogP contribution in [0.25, 0.3) is 0 Å². The molecule has 0 aliphatic carbocycles. The lowest BCUT2D eigenvalue weighted by Gasteiger charge is -2.23. The Morgan fingerprint density at radius 2 is 2.29 bits per heavy atom. The third-order valence-corrected chi connectivity index (χ3v) is 2.68. The highest BCUT2D eigenvalue weighted by Gasteiger charge is 2.26. The molecule has 1 amide bonds. The zero-order chi connectivity index (χ0) is 10.4. The molecule has 1 saturated heterocycles. The Bertz CT molecular complexity index is 176. The summed E-state index contributed by atoms with van der Waals surface area (Å²) in [5.41, 5.74) is 0. The molecule has 0 saturated carbocycles. The molecule has 1 unspecified atom stereocenters. The van der Waals surface area contributed by atoms with Gasteiger partial charge in [0.2, 0.25) is 0 Å². The normalized spacial score (nSPS) is 21.1. The second-order valence-corrected chi connectivity index (χ2v) is 3.77. The molecular weight excluding hydrogens is 178 g/mol. The zero-order valence-electron chi connectivity index (χ0n) is 9.29. The highest BCUT2D eigenvalue weighted by atomic mass is 16.5. The predicted octanol–water partition coefficient (Wildman–Crippen LogP) is 1.81. The van der Waals surface area contributed by atoms with Gasteiger partial charge in [-0.05, 0) is 26.2 Å². The highest BCUT2D eigenvalue weighted by molar-refractivity contribution is 5.81. The van der Waals surface area contributed by atoms with Crippen molar-refractivity contribution in [2.75, 3.05) is 19.7 Å². The van der Waals surface area contributed by atoms with Gasteiger partial charge >= 0.3 is 0 Å². The van der Waals surface area contributed by atoms with Gasteiger partial charge in [-0.3, -0.25) is 4.79 Å². The van der Waals surface area contributed by atoms with E-state index >= 15 is 0 Å². The molecule has 0 aromatic rings. The summed E-state index contributed by atoms with van der Waals surface area (Å²) in [6.45, 7) is 6.61. The van der Waals surface area contributed by atoms with E-state index in [0.717, 1.165) is 45.4 Å². The fraction of sp³-hybridized carbons (Fsp3) is 0.909. The third-order valence-electron chi connectivity index (χ3n) is 2.68. The molecule has 0 spiro atoms. The molecule has 1 atom stereocenters. The van der Waals surface area contributed by atoms with E-state index in [1.54, 1.807) is 0 Å². The third kappa shape index (κ3) is 2.98. The van der Waals surface area contributed by atoms with Crippen LogP contribution in [0.3, 0.4) is 0 Å². The van der Waals surface area contributed by atoms with Crippen molar-refractivity contribution in [3.05, 3.63) is 0 Å². The van der Waals surface area contributed by atoms with Crippen molar-refractivity contribution in [1.82, 2.24) is 4.90 Å². The molecule has 3 heteroatoms. The lowest BCUT2D eigenvalue weighted by atomic mass is 10.2. The average Bonchev–Trinajstić information content (AvgIpc) is 2.71. The number of ether oxygens (including phenoxy) is 1. The van der Waals surface area contributed by atoms with Gasteiger partial charge in [0.15, 0.2) is 0 Å². The van der Waals surface area contributed by atoms with Crippen LogP contribution in [0.5, 0.6) is 0 Å². The summed E-state index contributed by atoms with van der Waals surface area (Å²) in [7, 11) is 0. The average molecular weight is 199 g/mol. The molecular formula is C11H21NO2. The Hall–Kier alpha value is -0.570. The fourth-order valence-corrected chi connectivity index (χ4v) is 1.75. The van der Waals surface area contributed by atoms with Gasteiger partial charge in [-0.1, -0.05) is 13.3 Å². The number of hydrogen-bond acceptors (Lipinski definition) is 2. The molecule has 82 valence electrons. The van der Waals surface area contributed by atoms with Crippen molar-refractivity contribution in [2.24, 2.45) is 0 Å². The van der Waals surface area contributed by atoms with Crippen LogP contribution in [-0.2, 0) is 9.53 Å². The van der Waals surface area contributed by atoms with Crippen molar-refractivity contribution in [3.63, 3.8) is 0 Å². The van der Waals surface area contributed by atoms with Crippen LogP contribution in [0.4, 0.5) is 0 Å². The molecule has 1 aliphatic rings. The first kappa shape index (κ1) is 11.5. The molecule has 14 heavy (non-hydrogen) atoms. The first-order valence-electron chi connectivity index (χ1n) is 5.70. The van der Waals surface area contributed by atoms with Crippen molar-refractivity contribution >= 4 is 5.91 Å². The molecule has 0 aromatic heterocycles. The van der Waals surface area contributed by atoms with E-state index in [9.17, 15) is 4.79 Å². The topological polar surface area (TPSA) is 29.5 Å². The largest absolute Gasteiger partial charge is 0.368 e. The molecule has 0 N–H and O–H groups in total. The predicted molar refractivity (Wildman–Crippen MR) is 56.1 cm³/mol. The van der Waals surface area contributed by atoms with Crippen molar-refractivity contribution in [1.29, 1.82) is 0 Å². The number of unbranched alkanes of at least 4 members (excludes halogenated alkanes) is 1. The molecule has 1 fully saturated rings. The van der Waals surface area contributed by atoms with E-state index < -0.39 is 0 Å². The summed E-state index contributed by atoms with van der Waals surface area (Å²) in [5.74, 6) is 0.193. The van der Waals surface area contributed by atoms with Crippen LogP contribution in [-0.4, -0.2) is 36.6 Å². The van der Waals surface area contributed by atoms with E-state index in [4.69, 9.17) is 4.74 Å². The Morgan fingerprint density at radius 1 is 1.50 bits per heavy atom. The zero-order valence-corrected chi connectivity index (χ0v) is 9.29. The maximum atomic E-state index is 11.9. The number of rotatable bonds is 5. The maximum absolute atomic E-state index is 11.9. The Kier molecular flexibility index (Phi) is 4.94. The van der Waals surface area contributed by atoms with Crippen LogP contribution < -0.4 is 0 Å². The lowest BCUT2D eigenvalue weighted by Crippen LogP contribution is -2.39. The lowest BCUT2D eigenvalue weighted by molar-refractivity contribution is -0.140. The molecule has 1 rings (SSSR count). The Balaban J connectivity index is 2.37. The van der Waals surface area contributed by atoms with Crippen LogP contribution in [0.2, 0.25) is 0 Å². The highest BCUT2D eigenvalue weighted by Crippen LogP contribution is 2.14. The number of likely N-dealkylation sites (N-methyl/N-ethyl adjacent to an activating group) is 1. The smallest absolute Gasteiger partial charge is 0.251 e. The summed E-state index contributed by atoms with van der Waals surface area (Å²) < 4.78 is 5.39. The number of hydrogen-bond donors (Lipinski definition) is 0. The van der Waals surface area contributed by atoms with Crippen LogP contribution in [0, 0.1) is 0 Å². The standard InChI is InChI=1S/C11H21NO2/c1-3-5-8-12(4-2)11(13)10-7-6-9-14-10/h10H,3-9H2,1-2H3. The number of amides is 1. The van der Waals surface area contributed by atoms with Gasteiger partial charge in [0.1, 0.15) is 6.10 Å². The van der Waals surface area contributed by atoms with Crippen LogP contribution in [0.15, 0.2) is 0 Å². The van der Waals surface area contributed by atoms with E-state index in [2.05, 4.69) is 6.92 Å². The van der Waals surface area contributed by atoms with Crippen LogP contribution in [0.1, 0.15) is 39.5 Å². The SMILES string of the molecule is CCCCN(CC)C(=O)C1CCCO1. The van der Waals surface area contributed by atoms with Gasteiger partial charge in [0, 0.05) is 19.7 Å². The van der Waals surface area contributed by atoms with E-state index in [0.29, 0.717) is 0 Å². The first-order valence-corrected chi connectivity index (χ1v) is 5.70. The molecule has 1 aliphatic heterocycles. The first-order chi connectivity index (χ1) is 6.79. The molecule has 1 heterocycles. The summed E-state index contributed by atoms with van der Waals surface area (Å²) in [5, 5.41) is 0. The summed E-state index contributed by atoms with van der Waals surface area (Å²) in [4.78, 5) is 13.8. The Morgan fingerprint density at radius 3 is 2.79 bits per heavy atom. The van der Waals surface area contributed by atoms with Gasteiger partial charge in [-0.15, -0.1) is 0 Å². The monoisotopic (exact) mass is 199 g/mol. The summed E-state index contributed by atoms with van der Waals surface area (Å²) in [6.07, 6.45) is 4.01. The van der Waals surface area contributed by atoms with Gasteiger partial charge in [0.25, 0.3) is 5.91 Å². The minimum Gasteiger partial charge on any atom is -0.368 e. The Labute approximate surface area is 86.4 Å². The molecule has 3 nitrogen and oxygen atoms in total. The van der Waals surface area contributed by atoms with Crippen molar-refractivity contribution in [3.8, 4) is 0 Å².